The van der Waals surface area contributed by atoms with E-state index in [0.29, 0.717) is 26.9 Å². The molecular weight excluding hydrogens is 394 g/mol. The third kappa shape index (κ3) is 3.85. The smallest absolute Gasteiger partial charge is 0.242 e. The lowest BCUT2D eigenvalue weighted by Gasteiger charge is -2.17. The van der Waals surface area contributed by atoms with E-state index in [-0.39, 0.29) is 5.91 Å². The van der Waals surface area contributed by atoms with Gasteiger partial charge in [-0.25, -0.2) is 15.0 Å². The number of benzene rings is 2. The molecule has 0 saturated carbocycles. The number of anilines is 1. The molecule has 0 unspecified atom stereocenters. The van der Waals surface area contributed by atoms with Crippen molar-refractivity contribution in [3.63, 3.8) is 0 Å². The summed E-state index contributed by atoms with van der Waals surface area (Å²) in [6, 6.07) is 15.0. The Labute approximate surface area is 170 Å². The van der Waals surface area contributed by atoms with Gasteiger partial charge in [-0.15, -0.1) is 0 Å². The van der Waals surface area contributed by atoms with E-state index in [1.165, 1.54) is 18.1 Å². The van der Waals surface area contributed by atoms with Crippen molar-refractivity contribution in [2.24, 2.45) is 0 Å². The number of nitrogens with one attached hydrogen (secondary N) is 2. The van der Waals surface area contributed by atoms with Crippen LogP contribution in [0.1, 0.15) is 16.4 Å². The highest BCUT2D eigenvalue weighted by Crippen LogP contribution is 2.37. The molecule has 2 aromatic carbocycles. The topological polar surface area (TPSA) is 83.6 Å². The van der Waals surface area contributed by atoms with E-state index in [1.807, 2.05) is 43.3 Å². The number of thioether (sulfide) groups is 1. The van der Waals surface area contributed by atoms with Crippen molar-refractivity contribution in [3.8, 4) is 0 Å². The van der Waals surface area contributed by atoms with Gasteiger partial charge in [0.1, 0.15) is 22.1 Å². The van der Waals surface area contributed by atoms with Gasteiger partial charge in [0.05, 0.1) is 6.33 Å². The number of amides is 1. The monoisotopic (exact) mass is 409 g/mol. The molecule has 0 saturated heterocycles. The Balaban J connectivity index is 1.66. The Hall–Kier alpha value is -2.90. The van der Waals surface area contributed by atoms with Crippen LogP contribution in [0, 0.1) is 6.92 Å². The van der Waals surface area contributed by atoms with Crippen LogP contribution in [0.4, 0.5) is 5.69 Å². The largest absolute Gasteiger partial charge is 0.341 e. The number of aryl methyl sites for hydroxylation is 1. The van der Waals surface area contributed by atoms with Gasteiger partial charge in [0.15, 0.2) is 5.65 Å². The molecule has 0 bridgehead atoms. The maximum absolute atomic E-state index is 13.2. The Bertz CT molecular complexity index is 1130. The summed E-state index contributed by atoms with van der Waals surface area (Å²) in [6.45, 7) is 1.90. The van der Waals surface area contributed by atoms with Gasteiger partial charge >= 0.3 is 0 Å². The van der Waals surface area contributed by atoms with Crippen LogP contribution in [0.25, 0.3) is 11.2 Å². The summed E-state index contributed by atoms with van der Waals surface area (Å²) in [5.74, 6) is -0.149. The maximum atomic E-state index is 13.2. The molecule has 4 aromatic rings. The lowest BCUT2D eigenvalue weighted by atomic mass is 10.1. The molecule has 28 heavy (non-hydrogen) atoms. The highest BCUT2D eigenvalue weighted by molar-refractivity contribution is 8.00. The Morgan fingerprint density at radius 2 is 1.96 bits per heavy atom. The van der Waals surface area contributed by atoms with E-state index in [1.54, 1.807) is 18.5 Å². The van der Waals surface area contributed by atoms with E-state index in [9.17, 15) is 4.79 Å². The molecule has 8 heteroatoms. The molecule has 2 heterocycles. The fourth-order valence-corrected chi connectivity index (χ4v) is 3.95. The molecule has 4 rings (SSSR count). The number of aromatic nitrogens is 4. The summed E-state index contributed by atoms with van der Waals surface area (Å²) in [5.41, 5.74) is 3.75. The van der Waals surface area contributed by atoms with Crippen LogP contribution in [-0.2, 0) is 4.79 Å². The second-order valence-corrected chi connectivity index (χ2v) is 7.64. The van der Waals surface area contributed by atoms with Crippen molar-refractivity contribution < 1.29 is 4.79 Å². The molecule has 1 atom stereocenters. The van der Waals surface area contributed by atoms with Crippen molar-refractivity contribution in [1.82, 2.24) is 19.9 Å². The molecule has 0 aliphatic rings. The number of H-pyrrole nitrogens is 1. The Morgan fingerprint density at radius 3 is 2.75 bits per heavy atom. The van der Waals surface area contributed by atoms with Crippen molar-refractivity contribution in [3.05, 3.63) is 77.3 Å². The zero-order chi connectivity index (χ0) is 19.5. The predicted molar refractivity (Wildman–Crippen MR) is 112 cm³/mol. The number of aromatic amines is 1. The summed E-state index contributed by atoms with van der Waals surface area (Å²) in [7, 11) is 0. The molecule has 140 valence electrons. The first kappa shape index (κ1) is 18.5. The minimum atomic E-state index is -0.501. The number of nitrogens with zero attached hydrogens (tertiary/aromatic N) is 3. The summed E-state index contributed by atoms with van der Waals surface area (Å²) in [4.78, 5) is 28.8. The van der Waals surface area contributed by atoms with Crippen LogP contribution in [0.5, 0.6) is 0 Å². The Kier molecular flexibility index (Phi) is 5.27. The summed E-state index contributed by atoms with van der Waals surface area (Å²) in [6.07, 6.45) is 3.02. The van der Waals surface area contributed by atoms with Gasteiger partial charge in [-0.1, -0.05) is 53.7 Å². The SMILES string of the molecule is Cc1cc(NC(=O)[C@H](Sc2ncnc3nc[nH]c23)c2ccccc2)ccc1Cl. The van der Waals surface area contributed by atoms with Gasteiger partial charge in [0.2, 0.25) is 5.91 Å². The molecule has 2 aromatic heterocycles. The average molecular weight is 410 g/mol. The minimum absolute atomic E-state index is 0.149. The molecular formula is C20H16ClN5OS. The highest BCUT2D eigenvalue weighted by atomic mass is 35.5. The van der Waals surface area contributed by atoms with Crippen molar-refractivity contribution in [2.45, 2.75) is 17.2 Å². The van der Waals surface area contributed by atoms with Gasteiger partial charge in [0.25, 0.3) is 0 Å². The van der Waals surface area contributed by atoms with Crippen LogP contribution in [0.3, 0.4) is 0 Å². The van der Waals surface area contributed by atoms with Gasteiger partial charge in [0, 0.05) is 10.7 Å². The standard InChI is InChI=1S/C20H16ClN5OS/c1-12-9-14(7-8-15(12)21)26-19(27)17(13-5-3-2-4-6-13)28-20-16-18(23-10-22-16)24-11-25-20/h2-11,17H,1H3,(H,26,27)(H,22,23,24,25)/t17-/m1/s1. The third-order valence-corrected chi connectivity index (χ3v) is 5.86. The quantitative estimate of drug-likeness (QED) is 0.366. The van der Waals surface area contributed by atoms with E-state index in [2.05, 4.69) is 25.3 Å². The van der Waals surface area contributed by atoms with Crippen molar-refractivity contribution in [1.29, 1.82) is 0 Å². The van der Waals surface area contributed by atoms with Crippen molar-refractivity contribution in [2.75, 3.05) is 5.32 Å². The third-order valence-electron chi connectivity index (χ3n) is 4.18. The Morgan fingerprint density at radius 1 is 1.14 bits per heavy atom. The predicted octanol–water partition coefficient (Wildman–Crippen LogP) is 4.79. The molecule has 6 nitrogen and oxygen atoms in total. The van der Waals surface area contributed by atoms with Crippen LogP contribution in [-0.4, -0.2) is 25.8 Å². The first-order chi connectivity index (χ1) is 13.6. The highest BCUT2D eigenvalue weighted by Gasteiger charge is 2.24. The second kappa shape index (κ2) is 8.00. The molecule has 0 aliphatic carbocycles. The number of carbonyl (C=O) groups is 1. The van der Waals surface area contributed by atoms with E-state index in [4.69, 9.17) is 11.6 Å². The van der Waals surface area contributed by atoms with Crippen LogP contribution >= 0.6 is 23.4 Å². The summed E-state index contributed by atoms with van der Waals surface area (Å²) >= 11 is 7.44. The molecule has 0 radical (unpaired) electrons. The fraction of sp³-hybridized carbons (Fsp3) is 0.100. The van der Waals surface area contributed by atoms with Crippen LogP contribution < -0.4 is 5.32 Å². The second-order valence-electron chi connectivity index (χ2n) is 6.14. The molecule has 0 fully saturated rings. The number of rotatable bonds is 5. The lowest BCUT2D eigenvalue weighted by Crippen LogP contribution is -2.19. The number of hydrogen-bond acceptors (Lipinski definition) is 5. The normalized spacial score (nSPS) is 12.1. The number of carbonyl (C=O) groups excluding carboxylic acids is 1. The first-order valence-electron chi connectivity index (χ1n) is 8.54. The first-order valence-corrected chi connectivity index (χ1v) is 9.80. The maximum Gasteiger partial charge on any atom is 0.242 e. The minimum Gasteiger partial charge on any atom is -0.341 e. The lowest BCUT2D eigenvalue weighted by molar-refractivity contribution is -0.115. The molecule has 0 aliphatic heterocycles. The number of imidazole rings is 1. The summed E-state index contributed by atoms with van der Waals surface area (Å²) in [5, 5.41) is 3.81. The van der Waals surface area contributed by atoms with Gasteiger partial charge in [-0.3, -0.25) is 4.79 Å². The fourth-order valence-electron chi connectivity index (χ4n) is 2.77. The summed E-state index contributed by atoms with van der Waals surface area (Å²) < 4.78 is 0. The molecule has 0 spiro atoms. The van der Waals surface area contributed by atoms with Crippen molar-refractivity contribution >= 4 is 46.1 Å². The van der Waals surface area contributed by atoms with E-state index in [0.717, 1.165) is 11.1 Å². The van der Waals surface area contributed by atoms with Gasteiger partial charge in [-0.2, -0.15) is 0 Å². The van der Waals surface area contributed by atoms with E-state index < -0.39 is 5.25 Å². The van der Waals surface area contributed by atoms with Gasteiger partial charge < -0.3 is 10.3 Å². The number of halogens is 1. The zero-order valence-corrected chi connectivity index (χ0v) is 16.5. The number of hydrogen-bond donors (Lipinski definition) is 2. The average Bonchev–Trinajstić information content (AvgIpc) is 3.19. The molecule has 1 amide bonds. The zero-order valence-electron chi connectivity index (χ0n) is 14.9. The van der Waals surface area contributed by atoms with Crippen LogP contribution in [0.2, 0.25) is 5.02 Å². The molecule has 2 N–H and O–H groups in total. The van der Waals surface area contributed by atoms with E-state index >= 15 is 0 Å². The van der Waals surface area contributed by atoms with Gasteiger partial charge in [-0.05, 0) is 36.2 Å². The van der Waals surface area contributed by atoms with Crippen LogP contribution in [0.15, 0.2) is 66.2 Å². The number of fused-ring (bicyclic) bond motifs is 1.